The van der Waals surface area contributed by atoms with E-state index in [1.807, 2.05) is 11.3 Å². The normalized spacial score (nSPS) is 24.5. The van der Waals surface area contributed by atoms with Crippen molar-refractivity contribution >= 4 is 21.6 Å². The van der Waals surface area contributed by atoms with Crippen molar-refractivity contribution in [3.8, 4) is 0 Å². The minimum Gasteiger partial charge on any atom is -0.301 e. The van der Waals surface area contributed by atoms with Crippen molar-refractivity contribution in [3.63, 3.8) is 0 Å². The Morgan fingerprint density at radius 3 is 2.76 bits per heavy atom. The highest BCUT2D eigenvalue weighted by atomic mass is 32.1. The summed E-state index contributed by atoms with van der Waals surface area (Å²) < 4.78 is 1.31. The molecule has 0 bridgehead atoms. The maximum absolute atomic E-state index is 4.79. The average molecular weight is 246 g/mol. The molecule has 3 rings (SSSR count). The second-order valence-corrected chi connectivity index (χ2v) is 6.68. The smallest absolute Gasteiger partial charge is 0.0983 e. The van der Waals surface area contributed by atoms with Crippen molar-refractivity contribution in [2.45, 2.75) is 31.7 Å². The van der Waals surface area contributed by atoms with Crippen molar-refractivity contribution in [1.29, 1.82) is 0 Å². The Morgan fingerprint density at radius 2 is 2.12 bits per heavy atom. The van der Waals surface area contributed by atoms with Gasteiger partial charge in [-0.05, 0) is 39.4 Å². The molecular weight excluding hydrogens is 228 g/mol. The summed E-state index contributed by atoms with van der Waals surface area (Å²) >= 11 is 1.86. The van der Waals surface area contributed by atoms with Gasteiger partial charge in [-0.15, -0.1) is 11.3 Å². The number of aromatic nitrogens is 1. The Kier molecular flexibility index (Phi) is 2.49. The number of likely N-dealkylation sites (tertiary alicyclic amines) is 1. The molecule has 0 spiro atoms. The van der Waals surface area contributed by atoms with E-state index < -0.39 is 0 Å². The highest BCUT2D eigenvalue weighted by Gasteiger charge is 2.37. The number of rotatable bonds is 1. The molecule has 90 valence electrons. The summed E-state index contributed by atoms with van der Waals surface area (Å²) in [5, 5.41) is 1.31. The molecule has 0 amide bonds. The highest BCUT2D eigenvalue weighted by molar-refractivity contribution is 7.18. The standard InChI is InChI=1S/C14H18N2S/c1-14(2)8-10(9-16(14)3)13-15-11-6-4-5-7-12(11)17-13/h4-7,10H,8-9H2,1-3H3/t10-/m0/s1. The maximum Gasteiger partial charge on any atom is 0.0983 e. The summed E-state index contributed by atoms with van der Waals surface area (Å²) in [4.78, 5) is 7.23. The molecule has 2 nitrogen and oxygen atoms in total. The first-order valence-corrected chi connectivity index (χ1v) is 6.95. The molecule has 0 aliphatic carbocycles. The lowest BCUT2D eigenvalue weighted by Crippen LogP contribution is -2.34. The van der Waals surface area contributed by atoms with Gasteiger partial charge in [0.15, 0.2) is 0 Å². The highest BCUT2D eigenvalue weighted by Crippen LogP contribution is 2.39. The molecule has 1 aromatic carbocycles. The fraction of sp³-hybridized carbons (Fsp3) is 0.500. The number of hydrogen-bond acceptors (Lipinski definition) is 3. The van der Waals surface area contributed by atoms with E-state index in [0.29, 0.717) is 11.5 Å². The van der Waals surface area contributed by atoms with Gasteiger partial charge in [-0.25, -0.2) is 4.98 Å². The van der Waals surface area contributed by atoms with Crippen LogP contribution in [0.1, 0.15) is 31.2 Å². The molecule has 0 N–H and O–H groups in total. The van der Waals surface area contributed by atoms with Crippen LogP contribution in [-0.2, 0) is 0 Å². The van der Waals surface area contributed by atoms with E-state index in [-0.39, 0.29) is 0 Å². The zero-order valence-corrected chi connectivity index (χ0v) is 11.4. The Balaban J connectivity index is 1.95. The number of fused-ring (bicyclic) bond motifs is 1. The minimum absolute atomic E-state index is 0.308. The first-order chi connectivity index (χ1) is 8.06. The number of thiazole rings is 1. The van der Waals surface area contributed by atoms with Crippen molar-refractivity contribution < 1.29 is 0 Å². The maximum atomic E-state index is 4.79. The lowest BCUT2D eigenvalue weighted by molar-refractivity contribution is 0.218. The monoisotopic (exact) mass is 246 g/mol. The van der Waals surface area contributed by atoms with Crippen molar-refractivity contribution in [1.82, 2.24) is 9.88 Å². The second kappa shape index (κ2) is 3.79. The van der Waals surface area contributed by atoms with Gasteiger partial charge in [-0.3, -0.25) is 0 Å². The Hall–Kier alpha value is -0.930. The molecule has 1 fully saturated rings. The third-order valence-corrected chi connectivity index (χ3v) is 5.13. The van der Waals surface area contributed by atoms with E-state index in [9.17, 15) is 0 Å². The molecule has 0 radical (unpaired) electrons. The van der Waals surface area contributed by atoms with Crippen LogP contribution in [0.4, 0.5) is 0 Å². The van der Waals surface area contributed by atoms with Gasteiger partial charge in [0.2, 0.25) is 0 Å². The van der Waals surface area contributed by atoms with Crippen LogP contribution in [0.15, 0.2) is 24.3 Å². The number of nitrogens with zero attached hydrogens (tertiary/aromatic N) is 2. The van der Waals surface area contributed by atoms with Crippen molar-refractivity contribution in [2.24, 2.45) is 0 Å². The quantitative estimate of drug-likeness (QED) is 0.765. The van der Waals surface area contributed by atoms with Gasteiger partial charge in [0, 0.05) is 18.0 Å². The minimum atomic E-state index is 0.308. The summed E-state index contributed by atoms with van der Waals surface area (Å²) in [5.74, 6) is 0.604. The Bertz CT molecular complexity index is 511. The fourth-order valence-electron chi connectivity index (χ4n) is 2.63. The van der Waals surface area contributed by atoms with E-state index in [1.165, 1.54) is 16.1 Å². The lowest BCUT2D eigenvalue weighted by Gasteiger charge is -2.26. The van der Waals surface area contributed by atoms with Gasteiger partial charge in [0.1, 0.15) is 0 Å². The molecule has 17 heavy (non-hydrogen) atoms. The van der Waals surface area contributed by atoms with Crippen LogP contribution < -0.4 is 0 Å². The zero-order chi connectivity index (χ0) is 12.0. The topological polar surface area (TPSA) is 16.1 Å². The summed E-state index contributed by atoms with van der Waals surface area (Å²) in [6.07, 6.45) is 1.21. The third kappa shape index (κ3) is 1.87. The Labute approximate surface area is 106 Å². The Morgan fingerprint density at radius 1 is 1.35 bits per heavy atom. The van der Waals surface area contributed by atoms with Gasteiger partial charge in [0.05, 0.1) is 15.2 Å². The zero-order valence-electron chi connectivity index (χ0n) is 10.6. The van der Waals surface area contributed by atoms with Crippen LogP contribution in [-0.4, -0.2) is 29.0 Å². The van der Waals surface area contributed by atoms with Crippen LogP contribution in [0.3, 0.4) is 0 Å². The van der Waals surface area contributed by atoms with E-state index >= 15 is 0 Å². The number of benzene rings is 1. The molecule has 1 aliphatic heterocycles. The van der Waals surface area contributed by atoms with Crippen LogP contribution in [0.5, 0.6) is 0 Å². The number of likely N-dealkylation sites (N-methyl/N-ethyl adjacent to an activating group) is 1. The number of para-hydroxylation sites is 1. The SMILES string of the molecule is CN1C[C@@H](c2nc3ccccc3s2)CC1(C)C. The summed E-state index contributed by atoms with van der Waals surface area (Å²) in [6.45, 7) is 5.77. The molecule has 0 saturated carbocycles. The lowest BCUT2D eigenvalue weighted by atomic mass is 9.97. The van der Waals surface area contributed by atoms with Gasteiger partial charge in [-0.1, -0.05) is 12.1 Å². The molecule has 2 aromatic rings. The van der Waals surface area contributed by atoms with E-state index in [2.05, 4.69) is 50.1 Å². The van der Waals surface area contributed by atoms with Crippen molar-refractivity contribution in [2.75, 3.05) is 13.6 Å². The molecule has 1 aliphatic rings. The van der Waals surface area contributed by atoms with E-state index in [4.69, 9.17) is 4.98 Å². The van der Waals surface area contributed by atoms with Crippen molar-refractivity contribution in [3.05, 3.63) is 29.3 Å². The van der Waals surface area contributed by atoms with Crippen LogP contribution in [0, 0.1) is 0 Å². The first kappa shape index (κ1) is 11.2. The molecule has 0 unspecified atom stereocenters. The molecule has 1 saturated heterocycles. The molecule has 1 atom stereocenters. The average Bonchev–Trinajstić information content (AvgIpc) is 2.80. The van der Waals surface area contributed by atoms with Gasteiger partial charge >= 0.3 is 0 Å². The van der Waals surface area contributed by atoms with Gasteiger partial charge in [-0.2, -0.15) is 0 Å². The first-order valence-electron chi connectivity index (χ1n) is 6.13. The largest absolute Gasteiger partial charge is 0.301 e. The van der Waals surface area contributed by atoms with Crippen LogP contribution >= 0.6 is 11.3 Å². The number of hydrogen-bond donors (Lipinski definition) is 0. The second-order valence-electron chi connectivity index (χ2n) is 5.61. The fourth-order valence-corrected chi connectivity index (χ4v) is 3.69. The third-order valence-electron chi connectivity index (χ3n) is 3.93. The summed E-state index contributed by atoms with van der Waals surface area (Å²) in [6, 6.07) is 8.44. The molecule has 1 aromatic heterocycles. The van der Waals surface area contributed by atoms with E-state index in [1.54, 1.807) is 0 Å². The van der Waals surface area contributed by atoms with Gasteiger partial charge in [0.25, 0.3) is 0 Å². The molecule has 3 heteroatoms. The predicted molar refractivity (Wildman–Crippen MR) is 73.7 cm³/mol. The molecule has 2 heterocycles. The summed E-state index contributed by atoms with van der Waals surface area (Å²) in [7, 11) is 2.22. The van der Waals surface area contributed by atoms with E-state index in [0.717, 1.165) is 12.1 Å². The summed E-state index contributed by atoms with van der Waals surface area (Å²) in [5.41, 5.74) is 1.46. The van der Waals surface area contributed by atoms with Crippen LogP contribution in [0.25, 0.3) is 10.2 Å². The molecular formula is C14H18N2S. The van der Waals surface area contributed by atoms with Crippen LogP contribution in [0.2, 0.25) is 0 Å². The predicted octanol–water partition coefficient (Wildman–Crippen LogP) is 3.49. The van der Waals surface area contributed by atoms with Gasteiger partial charge < -0.3 is 4.90 Å².